The number of amides is 1. The number of rotatable bonds is 3. The molecule has 6 heteroatoms. The molecule has 0 aromatic heterocycles. The Hall–Kier alpha value is -1.66. The number of carbonyl (C=O) groups excluding carboxylic acids is 1. The number of benzene rings is 1. The van der Waals surface area contributed by atoms with E-state index in [1.54, 1.807) is 17.0 Å². The molecule has 1 atom stereocenters. The summed E-state index contributed by atoms with van der Waals surface area (Å²) >= 11 is 0. The lowest BCUT2D eigenvalue weighted by molar-refractivity contribution is 0.0765. The molecule has 0 aliphatic carbocycles. The predicted octanol–water partition coefficient (Wildman–Crippen LogP) is 0.954. The molecule has 0 radical (unpaired) electrons. The van der Waals surface area contributed by atoms with Crippen molar-refractivity contribution in [1.82, 2.24) is 15.1 Å². The monoisotopic (exact) mass is 307 g/mol. The molecule has 1 N–H and O–H groups in total. The second-order valence-corrected chi connectivity index (χ2v) is 5.80. The highest BCUT2D eigenvalue weighted by atomic mass is 19.1. The number of ether oxygens (including phenoxy) is 1. The first-order valence-electron chi connectivity index (χ1n) is 7.77. The van der Waals surface area contributed by atoms with Crippen molar-refractivity contribution in [2.45, 2.75) is 12.5 Å². The van der Waals surface area contributed by atoms with Crippen molar-refractivity contribution in [1.29, 1.82) is 0 Å². The smallest absolute Gasteiger partial charge is 0.260 e. The van der Waals surface area contributed by atoms with Crippen molar-refractivity contribution in [3.8, 4) is 5.75 Å². The SMILES string of the molecule is COc1cccc(F)c1C(=O)N1CCC(N2CCNCC2)C1. The fraction of sp³-hybridized carbons (Fsp3) is 0.562. The highest BCUT2D eigenvalue weighted by molar-refractivity contribution is 5.97. The van der Waals surface area contributed by atoms with E-state index in [1.165, 1.54) is 13.2 Å². The van der Waals surface area contributed by atoms with Crippen molar-refractivity contribution < 1.29 is 13.9 Å². The summed E-state index contributed by atoms with van der Waals surface area (Å²) in [6, 6.07) is 4.86. The van der Waals surface area contributed by atoms with E-state index in [9.17, 15) is 9.18 Å². The minimum atomic E-state index is -0.519. The third-order valence-electron chi connectivity index (χ3n) is 4.53. The van der Waals surface area contributed by atoms with Gasteiger partial charge in [-0.15, -0.1) is 0 Å². The normalized spacial score (nSPS) is 22.8. The molecule has 2 aliphatic rings. The lowest BCUT2D eigenvalue weighted by atomic mass is 10.1. The Morgan fingerprint density at radius 3 is 2.82 bits per heavy atom. The van der Waals surface area contributed by atoms with Gasteiger partial charge in [0.1, 0.15) is 17.1 Å². The zero-order chi connectivity index (χ0) is 15.5. The third kappa shape index (κ3) is 2.94. The van der Waals surface area contributed by atoms with Crippen LogP contribution in [-0.4, -0.2) is 68.1 Å². The Morgan fingerprint density at radius 1 is 1.32 bits per heavy atom. The molecule has 1 aromatic rings. The summed E-state index contributed by atoms with van der Waals surface area (Å²) in [5, 5.41) is 3.33. The van der Waals surface area contributed by atoms with Crippen LogP contribution in [0.1, 0.15) is 16.8 Å². The van der Waals surface area contributed by atoms with E-state index >= 15 is 0 Å². The Morgan fingerprint density at radius 2 is 2.09 bits per heavy atom. The van der Waals surface area contributed by atoms with Gasteiger partial charge in [0.25, 0.3) is 5.91 Å². The van der Waals surface area contributed by atoms with Gasteiger partial charge in [0.2, 0.25) is 0 Å². The summed E-state index contributed by atoms with van der Waals surface area (Å²) in [7, 11) is 1.46. The van der Waals surface area contributed by atoms with Crippen LogP contribution in [0.25, 0.3) is 0 Å². The molecular formula is C16H22FN3O2. The Kier molecular flexibility index (Phi) is 4.59. The van der Waals surface area contributed by atoms with Crippen LogP contribution >= 0.6 is 0 Å². The van der Waals surface area contributed by atoms with Gasteiger partial charge in [-0.25, -0.2) is 4.39 Å². The lowest BCUT2D eigenvalue weighted by Gasteiger charge is -2.32. The molecule has 2 aliphatic heterocycles. The molecule has 0 spiro atoms. The average Bonchev–Trinajstić information content (AvgIpc) is 3.05. The van der Waals surface area contributed by atoms with Gasteiger partial charge in [-0.2, -0.15) is 0 Å². The highest BCUT2D eigenvalue weighted by Gasteiger charge is 2.33. The van der Waals surface area contributed by atoms with E-state index in [1.807, 2.05) is 0 Å². The summed E-state index contributed by atoms with van der Waals surface area (Å²) in [6.07, 6.45) is 0.947. The molecule has 3 rings (SSSR count). The number of hydrogen-bond acceptors (Lipinski definition) is 4. The third-order valence-corrected chi connectivity index (χ3v) is 4.53. The van der Waals surface area contributed by atoms with Gasteiger partial charge in [0.15, 0.2) is 0 Å². The van der Waals surface area contributed by atoms with E-state index in [2.05, 4.69) is 10.2 Å². The van der Waals surface area contributed by atoms with Crippen LogP contribution in [0, 0.1) is 5.82 Å². The molecule has 2 saturated heterocycles. The van der Waals surface area contributed by atoms with E-state index in [0.717, 1.165) is 32.6 Å². The standard InChI is InChI=1S/C16H22FN3O2/c1-22-14-4-2-3-13(17)15(14)16(21)20-8-5-12(11-20)19-9-6-18-7-10-19/h2-4,12,18H,5-11H2,1H3. The number of piperazine rings is 1. The van der Waals surface area contributed by atoms with Crippen LogP contribution in [0.15, 0.2) is 18.2 Å². The number of halogens is 1. The minimum Gasteiger partial charge on any atom is -0.496 e. The first-order valence-corrected chi connectivity index (χ1v) is 7.77. The molecule has 2 fully saturated rings. The van der Waals surface area contributed by atoms with Crippen molar-refractivity contribution in [2.24, 2.45) is 0 Å². The molecule has 1 unspecified atom stereocenters. The van der Waals surface area contributed by atoms with Gasteiger partial charge in [-0.3, -0.25) is 9.69 Å². The zero-order valence-electron chi connectivity index (χ0n) is 12.8. The molecule has 120 valence electrons. The van der Waals surface area contributed by atoms with Crippen LogP contribution in [0.5, 0.6) is 5.75 Å². The number of nitrogens with zero attached hydrogens (tertiary/aromatic N) is 2. The molecule has 1 aromatic carbocycles. The van der Waals surface area contributed by atoms with Crippen LogP contribution in [0.3, 0.4) is 0 Å². The van der Waals surface area contributed by atoms with E-state index in [0.29, 0.717) is 24.9 Å². The molecule has 5 nitrogen and oxygen atoms in total. The first-order chi connectivity index (χ1) is 10.7. The number of methoxy groups -OCH3 is 1. The maximum atomic E-state index is 14.0. The average molecular weight is 307 g/mol. The Labute approximate surface area is 130 Å². The first kappa shape index (κ1) is 15.2. The van der Waals surface area contributed by atoms with E-state index < -0.39 is 5.82 Å². The van der Waals surface area contributed by atoms with Crippen molar-refractivity contribution in [3.05, 3.63) is 29.6 Å². The van der Waals surface area contributed by atoms with Crippen LogP contribution in [0.4, 0.5) is 4.39 Å². The van der Waals surface area contributed by atoms with Crippen molar-refractivity contribution >= 4 is 5.91 Å². The highest BCUT2D eigenvalue weighted by Crippen LogP contribution is 2.25. The molecule has 0 bridgehead atoms. The number of hydrogen-bond donors (Lipinski definition) is 1. The van der Waals surface area contributed by atoms with Gasteiger partial charge in [-0.05, 0) is 18.6 Å². The Bertz CT molecular complexity index is 546. The predicted molar refractivity (Wildman–Crippen MR) is 81.7 cm³/mol. The Balaban J connectivity index is 1.71. The van der Waals surface area contributed by atoms with Crippen molar-refractivity contribution in [3.63, 3.8) is 0 Å². The maximum absolute atomic E-state index is 14.0. The quantitative estimate of drug-likeness (QED) is 0.903. The van der Waals surface area contributed by atoms with Crippen molar-refractivity contribution in [2.75, 3.05) is 46.4 Å². The van der Waals surface area contributed by atoms with Crippen LogP contribution < -0.4 is 10.1 Å². The molecule has 1 amide bonds. The van der Waals surface area contributed by atoms with E-state index in [-0.39, 0.29) is 11.5 Å². The van der Waals surface area contributed by atoms with Gasteiger partial charge in [-0.1, -0.05) is 6.07 Å². The van der Waals surface area contributed by atoms with Crippen LogP contribution in [0.2, 0.25) is 0 Å². The molecular weight excluding hydrogens is 285 g/mol. The zero-order valence-corrected chi connectivity index (χ0v) is 12.8. The summed E-state index contributed by atoms with van der Waals surface area (Å²) in [5.74, 6) is -0.488. The summed E-state index contributed by atoms with van der Waals surface area (Å²) in [5.41, 5.74) is 0.0472. The summed E-state index contributed by atoms with van der Waals surface area (Å²) in [6.45, 7) is 5.34. The summed E-state index contributed by atoms with van der Waals surface area (Å²) < 4.78 is 19.2. The lowest BCUT2D eigenvalue weighted by Crippen LogP contribution is -2.49. The minimum absolute atomic E-state index is 0.0472. The second kappa shape index (κ2) is 6.62. The number of carbonyl (C=O) groups is 1. The molecule has 2 heterocycles. The second-order valence-electron chi connectivity index (χ2n) is 5.80. The fourth-order valence-electron chi connectivity index (χ4n) is 3.31. The molecule has 22 heavy (non-hydrogen) atoms. The van der Waals surface area contributed by atoms with Crippen LogP contribution in [-0.2, 0) is 0 Å². The maximum Gasteiger partial charge on any atom is 0.260 e. The fourth-order valence-corrected chi connectivity index (χ4v) is 3.31. The topological polar surface area (TPSA) is 44.8 Å². The van der Waals surface area contributed by atoms with E-state index in [4.69, 9.17) is 4.74 Å². The van der Waals surface area contributed by atoms with Gasteiger partial charge in [0.05, 0.1) is 7.11 Å². The largest absolute Gasteiger partial charge is 0.496 e. The summed E-state index contributed by atoms with van der Waals surface area (Å²) in [4.78, 5) is 16.8. The number of likely N-dealkylation sites (tertiary alicyclic amines) is 1. The van der Waals surface area contributed by atoms with Gasteiger partial charge < -0.3 is 15.0 Å². The van der Waals surface area contributed by atoms with Gasteiger partial charge in [0, 0.05) is 45.3 Å². The van der Waals surface area contributed by atoms with Gasteiger partial charge >= 0.3 is 0 Å². The molecule has 0 saturated carbocycles. The number of nitrogens with one attached hydrogen (secondary N) is 1.